The molecule has 3 amide bonds. The van der Waals surface area contributed by atoms with Crippen LogP contribution in [-0.2, 0) is 23.8 Å². The van der Waals surface area contributed by atoms with Crippen molar-refractivity contribution < 1.29 is 18.4 Å². The molecule has 1 fully saturated rings. The van der Waals surface area contributed by atoms with Crippen LogP contribution in [0.1, 0.15) is 41.6 Å². The van der Waals surface area contributed by atoms with E-state index in [1.165, 1.54) is 4.90 Å². The van der Waals surface area contributed by atoms with Crippen LogP contribution in [0.2, 0.25) is 0 Å². The van der Waals surface area contributed by atoms with Crippen LogP contribution in [0.5, 0.6) is 0 Å². The first-order valence-electron chi connectivity index (χ1n) is 11.1. The predicted octanol–water partition coefficient (Wildman–Crippen LogP) is 4.72. The summed E-state index contributed by atoms with van der Waals surface area (Å²) in [6, 6.07) is 12.3. The number of benzene rings is 2. The van der Waals surface area contributed by atoms with Crippen LogP contribution in [-0.4, -0.2) is 28.5 Å². The monoisotopic (exact) mass is 459 g/mol. The number of aromatic nitrogens is 1. The molecular formula is C27H23F2N3O2. The van der Waals surface area contributed by atoms with Gasteiger partial charge in [-0.05, 0) is 55.2 Å². The van der Waals surface area contributed by atoms with Gasteiger partial charge in [0.1, 0.15) is 5.69 Å². The van der Waals surface area contributed by atoms with Crippen LogP contribution >= 0.6 is 0 Å². The van der Waals surface area contributed by atoms with Crippen molar-refractivity contribution in [3.8, 4) is 11.8 Å². The maximum absolute atomic E-state index is 15.1. The number of carbonyl (C=O) groups is 2. The van der Waals surface area contributed by atoms with Gasteiger partial charge < -0.3 is 9.47 Å². The molecule has 0 radical (unpaired) electrons. The van der Waals surface area contributed by atoms with Crippen LogP contribution in [0.25, 0.3) is 0 Å². The van der Waals surface area contributed by atoms with E-state index in [0.717, 1.165) is 36.2 Å². The highest BCUT2D eigenvalue weighted by atomic mass is 19.1. The molecule has 2 aromatic carbocycles. The molecule has 5 rings (SSSR count). The number of urea groups is 1. The van der Waals surface area contributed by atoms with Crippen molar-refractivity contribution in [3.63, 3.8) is 0 Å². The standard InChI is InChI=1S/C27H23F2N3O2/c1-30-14-12-20-23(30)9-6-13-27(20)17-24(33)32(26(34)31(27)2)25-21(28)15-19(16-22(25)29)11-10-18-7-4-3-5-8-18/h3-5,7-8,12,14-16H,6,9,13,17H2,1-2H3/t27-/m0/s1. The molecule has 1 spiro atoms. The first kappa shape index (κ1) is 21.9. The van der Waals surface area contributed by atoms with E-state index in [0.29, 0.717) is 16.9 Å². The highest BCUT2D eigenvalue weighted by Crippen LogP contribution is 2.46. The average Bonchev–Trinajstić information content (AvgIpc) is 3.21. The van der Waals surface area contributed by atoms with Gasteiger partial charge in [0.05, 0.1) is 12.0 Å². The zero-order valence-corrected chi connectivity index (χ0v) is 18.9. The molecule has 34 heavy (non-hydrogen) atoms. The summed E-state index contributed by atoms with van der Waals surface area (Å²) in [5.41, 5.74) is 1.35. The lowest BCUT2D eigenvalue weighted by Crippen LogP contribution is -2.62. The predicted molar refractivity (Wildman–Crippen MR) is 124 cm³/mol. The number of fused-ring (bicyclic) bond motifs is 2. The number of anilines is 1. The number of aryl methyl sites for hydroxylation is 1. The fraction of sp³-hybridized carbons (Fsp3) is 0.259. The Morgan fingerprint density at radius 1 is 0.941 bits per heavy atom. The van der Waals surface area contributed by atoms with E-state index in [1.807, 2.05) is 42.1 Å². The van der Waals surface area contributed by atoms with E-state index >= 15 is 8.78 Å². The van der Waals surface area contributed by atoms with Crippen molar-refractivity contribution >= 4 is 17.6 Å². The summed E-state index contributed by atoms with van der Waals surface area (Å²) in [6.07, 6.45) is 4.16. The third-order valence-electron chi connectivity index (χ3n) is 6.89. The molecule has 0 saturated carbocycles. The molecule has 1 saturated heterocycles. The Balaban J connectivity index is 1.50. The van der Waals surface area contributed by atoms with E-state index in [9.17, 15) is 9.59 Å². The number of amides is 3. The lowest BCUT2D eigenvalue weighted by atomic mass is 9.74. The Morgan fingerprint density at radius 3 is 2.32 bits per heavy atom. The van der Waals surface area contributed by atoms with Gasteiger partial charge in [-0.3, -0.25) is 4.79 Å². The van der Waals surface area contributed by atoms with E-state index in [2.05, 4.69) is 11.8 Å². The van der Waals surface area contributed by atoms with Gasteiger partial charge in [-0.15, -0.1) is 0 Å². The Labute approximate surface area is 196 Å². The number of imide groups is 1. The summed E-state index contributed by atoms with van der Waals surface area (Å²) in [4.78, 5) is 28.7. The zero-order valence-electron chi connectivity index (χ0n) is 18.9. The average molecular weight is 459 g/mol. The van der Waals surface area contributed by atoms with E-state index in [1.54, 1.807) is 19.2 Å². The molecule has 7 heteroatoms. The van der Waals surface area contributed by atoms with Gasteiger partial charge in [-0.2, -0.15) is 0 Å². The quantitative estimate of drug-likeness (QED) is 0.494. The number of hydrogen-bond acceptors (Lipinski definition) is 2. The highest BCUT2D eigenvalue weighted by Gasteiger charge is 2.52. The van der Waals surface area contributed by atoms with Gasteiger partial charge in [0.15, 0.2) is 11.6 Å². The third-order valence-corrected chi connectivity index (χ3v) is 6.89. The smallest absolute Gasteiger partial charge is 0.332 e. The van der Waals surface area contributed by atoms with Gasteiger partial charge in [-0.25, -0.2) is 18.5 Å². The Bertz CT molecular complexity index is 1350. The van der Waals surface area contributed by atoms with Crippen molar-refractivity contribution in [2.24, 2.45) is 7.05 Å². The summed E-state index contributed by atoms with van der Waals surface area (Å²) in [6.45, 7) is 0. The third kappa shape index (κ3) is 3.38. The topological polar surface area (TPSA) is 45.6 Å². The van der Waals surface area contributed by atoms with Crippen molar-refractivity contribution in [1.82, 2.24) is 9.47 Å². The highest BCUT2D eigenvalue weighted by molar-refractivity contribution is 6.16. The molecule has 0 unspecified atom stereocenters. The number of hydrogen-bond donors (Lipinski definition) is 0. The second-order valence-electron chi connectivity index (χ2n) is 8.82. The van der Waals surface area contributed by atoms with Gasteiger partial charge in [0.2, 0.25) is 5.91 Å². The number of rotatable bonds is 1. The van der Waals surface area contributed by atoms with Crippen molar-refractivity contribution in [2.75, 3.05) is 11.9 Å². The first-order chi connectivity index (χ1) is 16.3. The number of carbonyl (C=O) groups excluding carboxylic acids is 2. The Hall–Kier alpha value is -3.92. The van der Waals surface area contributed by atoms with E-state index in [-0.39, 0.29) is 12.0 Å². The Morgan fingerprint density at radius 2 is 1.62 bits per heavy atom. The molecule has 1 aliphatic heterocycles. The van der Waals surface area contributed by atoms with Crippen LogP contribution in [0, 0.1) is 23.5 Å². The number of nitrogens with zero attached hydrogens (tertiary/aromatic N) is 3. The Kier molecular flexibility index (Phi) is 5.24. The second-order valence-corrected chi connectivity index (χ2v) is 8.82. The minimum absolute atomic E-state index is 0.0410. The molecule has 172 valence electrons. The fourth-order valence-electron chi connectivity index (χ4n) is 5.14. The summed E-state index contributed by atoms with van der Waals surface area (Å²) in [5, 5.41) is 0. The molecule has 1 aromatic heterocycles. The lowest BCUT2D eigenvalue weighted by Gasteiger charge is -2.49. The molecule has 2 aliphatic rings. The van der Waals surface area contributed by atoms with Crippen molar-refractivity contribution in [2.45, 2.75) is 31.2 Å². The molecule has 5 nitrogen and oxygen atoms in total. The largest absolute Gasteiger partial charge is 0.354 e. The van der Waals surface area contributed by atoms with Crippen molar-refractivity contribution in [1.29, 1.82) is 0 Å². The SMILES string of the molecule is CN1C(=O)N(c2c(F)cc(C#Cc3ccccc3)cc2F)C(=O)C[C@]12CCCc1c2ccn1C. The first-order valence-corrected chi connectivity index (χ1v) is 11.1. The maximum Gasteiger partial charge on any atom is 0.332 e. The zero-order chi connectivity index (χ0) is 24.0. The van der Waals surface area contributed by atoms with Gasteiger partial charge in [0, 0.05) is 37.1 Å². The fourth-order valence-corrected chi connectivity index (χ4v) is 5.14. The molecule has 0 bridgehead atoms. The molecular weight excluding hydrogens is 436 g/mol. The van der Waals surface area contributed by atoms with Gasteiger partial charge in [0.25, 0.3) is 0 Å². The van der Waals surface area contributed by atoms with Crippen LogP contribution in [0.4, 0.5) is 19.3 Å². The van der Waals surface area contributed by atoms with Crippen molar-refractivity contribution in [3.05, 3.63) is 88.7 Å². The maximum atomic E-state index is 15.1. The van der Waals surface area contributed by atoms with Gasteiger partial charge in [-0.1, -0.05) is 30.0 Å². The normalized spacial score (nSPS) is 19.8. The van der Waals surface area contributed by atoms with Crippen LogP contribution in [0.15, 0.2) is 54.7 Å². The summed E-state index contributed by atoms with van der Waals surface area (Å²) >= 11 is 0. The summed E-state index contributed by atoms with van der Waals surface area (Å²) in [5.74, 6) is 2.94. The van der Waals surface area contributed by atoms with E-state index < -0.39 is 34.8 Å². The molecule has 1 atom stereocenters. The minimum atomic E-state index is -1.01. The summed E-state index contributed by atoms with van der Waals surface area (Å²) in [7, 11) is 3.53. The van der Waals surface area contributed by atoms with Gasteiger partial charge >= 0.3 is 6.03 Å². The second kappa shape index (κ2) is 8.14. The summed E-state index contributed by atoms with van der Waals surface area (Å²) < 4.78 is 32.2. The molecule has 1 aliphatic carbocycles. The molecule has 0 N–H and O–H groups in total. The minimum Gasteiger partial charge on any atom is -0.354 e. The van der Waals surface area contributed by atoms with E-state index in [4.69, 9.17) is 0 Å². The van der Waals surface area contributed by atoms with Crippen LogP contribution in [0.3, 0.4) is 0 Å². The molecule has 3 aromatic rings. The lowest BCUT2D eigenvalue weighted by molar-refractivity contribution is -0.123. The van der Waals surface area contributed by atoms with Crippen LogP contribution < -0.4 is 4.90 Å². The molecule has 2 heterocycles. The number of halogens is 2.